The maximum atomic E-state index is 12.0. The zero-order valence-corrected chi connectivity index (χ0v) is 11.9. The van der Waals surface area contributed by atoms with Gasteiger partial charge in [-0.1, -0.05) is 0 Å². The van der Waals surface area contributed by atoms with Crippen LogP contribution in [0.3, 0.4) is 0 Å². The summed E-state index contributed by atoms with van der Waals surface area (Å²) >= 11 is 0. The molecule has 1 saturated heterocycles. The molecule has 0 radical (unpaired) electrons. The summed E-state index contributed by atoms with van der Waals surface area (Å²) in [6, 6.07) is 6.97. The number of ether oxygens (including phenoxy) is 1. The second kappa shape index (κ2) is 5.81. The summed E-state index contributed by atoms with van der Waals surface area (Å²) < 4.78 is 5.09. The van der Waals surface area contributed by atoms with Gasteiger partial charge in [-0.3, -0.25) is 4.79 Å². The third-order valence-corrected chi connectivity index (χ3v) is 3.24. The van der Waals surface area contributed by atoms with E-state index in [0.717, 1.165) is 11.4 Å². The molecule has 0 aliphatic carbocycles. The first-order valence-electron chi connectivity index (χ1n) is 6.43. The van der Waals surface area contributed by atoms with Gasteiger partial charge in [0.25, 0.3) is 0 Å². The Balaban J connectivity index is 2.03. The van der Waals surface area contributed by atoms with Crippen LogP contribution in [0.5, 0.6) is 5.75 Å². The number of carbonyl (C=O) groups excluding carboxylic acids is 2. The van der Waals surface area contributed by atoms with Gasteiger partial charge in [-0.15, -0.1) is 0 Å². The van der Waals surface area contributed by atoms with Crippen LogP contribution in [0, 0.1) is 0 Å². The summed E-state index contributed by atoms with van der Waals surface area (Å²) in [5.74, 6) is 0.761. The van der Waals surface area contributed by atoms with Gasteiger partial charge in [-0.2, -0.15) is 0 Å². The average Bonchev–Trinajstić information content (AvgIpc) is 2.79. The van der Waals surface area contributed by atoms with Crippen molar-refractivity contribution < 1.29 is 14.3 Å². The van der Waals surface area contributed by atoms with Gasteiger partial charge in [0, 0.05) is 32.7 Å². The lowest BCUT2D eigenvalue weighted by molar-refractivity contribution is -0.117. The molecule has 3 amide bonds. The third-order valence-electron chi connectivity index (χ3n) is 3.24. The Morgan fingerprint density at radius 1 is 1.35 bits per heavy atom. The van der Waals surface area contributed by atoms with E-state index < -0.39 is 0 Å². The predicted octanol–water partition coefficient (Wildman–Crippen LogP) is 1.07. The molecule has 0 bridgehead atoms. The second-order valence-corrected chi connectivity index (χ2v) is 4.95. The first kappa shape index (κ1) is 14.2. The Morgan fingerprint density at radius 3 is 2.55 bits per heavy atom. The minimum absolute atomic E-state index is 0.0132. The molecule has 0 spiro atoms. The minimum Gasteiger partial charge on any atom is -0.497 e. The van der Waals surface area contributed by atoms with Crippen molar-refractivity contribution in [3.8, 4) is 5.75 Å². The Hall–Kier alpha value is -2.24. The highest BCUT2D eigenvalue weighted by atomic mass is 16.5. The predicted molar refractivity (Wildman–Crippen MR) is 76.0 cm³/mol. The van der Waals surface area contributed by atoms with Crippen molar-refractivity contribution in [2.45, 2.75) is 12.5 Å². The number of carbonyl (C=O) groups is 2. The Morgan fingerprint density at radius 2 is 2.00 bits per heavy atom. The number of urea groups is 1. The Bertz CT molecular complexity index is 499. The molecule has 1 aliphatic heterocycles. The van der Waals surface area contributed by atoms with Gasteiger partial charge >= 0.3 is 6.03 Å². The highest BCUT2D eigenvalue weighted by molar-refractivity contribution is 5.96. The number of amides is 3. The lowest BCUT2D eigenvalue weighted by Gasteiger charge is -2.19. The normalized spacial score (nSPS) is 18.1. The van der Waals surface area contributed by atoms with Gasteiger partial charge in [0.2, 0.25) is 5.91 Å². The highest BCUT2D eigenvalue weighted by Crippen LogP contribution is 2.24. The second-order valence-electron chi connectivity index (χ2n) is 4.95. The van der Waals surface area contributed by atoms with Gasteiger partial charge in [0.1, 0.15) is 5.75 Å². The molecule has 0 saturated carbocycles. The molecule has 1 aromatic rings. The van der Waals surface area contributed by atoms with Crippen molar-refractivity contribution in [2.24, 2.45) is 0 Å². The molecule has 1 unspecified atom stereocenters. The van der Waals surface area contributed by atoms with Gasteiger partial charge < -0.3 is 19.9 Å². The molecule has 1 N–H and O–H groups in total. The van der Waals surface area contributed by atoms with Crippen LogP contribution >= 0.6 is 0 Å². The molecular formula is C14H19N3O3. The van der Waals surface area contributed by atoms with Crippen LogP contribution in [0.1, 0.15) is 6.42 Å². The van der Waals surface area contributed by atoms with Crippen LogP contribution < -0.4 is 15.0 Å². The summed E-state index contributed by atoms with van der Waals surface area (Å²) in [6.45, 7) is 0.491. The van der Waals surface area contributed by atoms with Gasteiger partial charge in [-0.05, 0) is 24.3 Å². The molecule has 2 rings (SSSR count). The van der Waals surface area contributed by atoms with E-state index in [0.29, 0.717) is 13.0 Å². The molecule has 108 valence electrons. The van der Waals surface area contributed by atoms with Crippen LogP contribution in [0.25, 0.3) is 0 Å². The zero-order chi connectivity index (χ0) is 14.7. The van der Waals surface area contributed by atoms with Gasteiger partial charge in [0.05, 0.1) is 13.2 Å². The maximum Gasteiger partial charge on any atom is 0.317 e. The van der Waals surface area contributed by atoms with Crippen molar-refractivity contribution in [1.29, 1.82) is 0 Å². The summed E-state index contributed by atoms with van der Waals surface area (Å²) in [7, 11) is 4.95. The first-order chi connectivity index (χ1) is 9.51. The molecule has 6 nitrogen and oxygen atoms in total. The van der Waals surface area contributed by atoms with Crippen molar-refractivity contribution in [1.82, 2.24) is 10.2 Å². The van der Waals surface area contributed by atoms with Gasteiger partial charge in [0.15, 0.2) is 0 Å². The van der Waals surface area contributed by atoms with Crippen LogP contribution in [-0.4, -0.2) is 50.6 Å². The quantitative estimate of drug-likeness (QED) is 0.899. The molecule has 1 atom stereocenters. The number of hydrogen-bond donors (Lipinski definition) is 1. The molecule has 1 heterocycles. The highest BCUT2D eigenvalue weighted by Gasteiger charge is 2.31. The van der Waals surface area contributed by atoms with E-state index in [1.165, 1.54) is 4.90 Å². The van der Waals surface area contributed by atoms with Crippen molar-refractivity contribution >= 4 is 17.6 Å². The number of anilines is 1. The van der Waals surface area contributed by atoms with Crippen molar-refractivity contribution in [2.75, 3.05) is 32.6 Å². The van der Waals surface area contributed by atoms with Crippen LogP contribution in [0.2, 0.25) is 0 Å². The number of nitrogens with one attached hydrogen (secondary N) is 1. The Kier molecular flexibility index (Phi) is 4.12. The smallest absolute Gasteiger partial charge is 0.317 e. The summed E-state index contributed by atoms with van der Waals surface area (Å²) in [6.07, 6.45) is 0.325. The standard InChI is InChI=1S/C14H19N3O3/c1-16(2)14(19)15-10-8-13(18)17(9-10)11-4-6-12(20-3)7-5-11/h4-7,10H,8-9H2,1-3H3,(H,15,19). The van der Waals surface area contributed by atoms with E-state index in [1.807, 2.05) is 24.3 Å². The molecule has 0 aromatic heterocycles. The van der Waals surface area contributed by atoms with Crippen LogP contribution in [0.4, 0.5) is 10.5 Å². The fraction of sp³-hybridized carbons (Fsp3) is 0.429. The zero-order valence-electron chi connectivity index (χ0n) is 11.9. The SMILES string of the molecule is COc1ccc(N2CC(NC(=O)N(C)C)CC2=O)cc1. The average molecular weight is 277 g/mol. The molecule has 20 heavy (non-hydrogen) atoms. The monoisotopic (exact) mass is 277 g/mol. The molecule has 1 aliphatic rings. The van der Waals surface area contributed by atoms with E-state index in [-0.39, 0.29) is 18.0 Å². The first-order valence-corrected chi connectivity index (χ1v) is 6.43. The van der Waals surface area contributed by atoms with E-state index in [9.17, 15) is 9.59 Å². The van der Waals surface area contributed by atoms with Crippen molar-refractivity contribution in [3.63, 3.8) is 0 Å². The van der Waals surface area contributed by atoms with Crippen LogP contribution in [-0.2, 0) is 4.79 Å². The summed E-state index contributed by atoms with van der Waals surface area (Å²) in [4.78, 5) is 26.8. The van der Waals surface area contributed by atoms with E-state index in [4.69, 9.17) is 4.74 Å². The largest absolute Gasteiger partial charge is 0.497 e. The number of hydrogen-bond acceptors (Lipinski definition) is 3. The number of benzene rings is 1. The summed E-state index contributed by atoms with van der Waals surface area (Å²) in [5, 5.41) is 2.83. The Labute approximate surface area is 118 Å². The van der Waals surface area contributed by atoms with E-state index in [1.54, 1.807) is 26.1 Å². The number of nitrogens with zero attached hydrogens (tertiary/aromatic N) is 2. The molecule has 1 aromatic carbocycles. The topological polar surface area (TPSA) is 61.9 Å². The number of methoxy groups -OCH3 is 1. The lowest BCUT2D eigenvalue weighted by Crippen LogP contribution is -2.42. The fourth-order valence-corrected chi connectivity index (χ4v) is 2.12. The molecular weight excluding hydrogens is 258 g/mol. The molecule has 6 heteroatoms. The van der Waals surface area contributed by atoms with E-state index in [2.05, 4.69) is 5.32 Å². The van der Waals surface area contributed by atoms with Gasteiger partial charge in [-0.25, -0.2) is 4.79 Å². The van der Waals surface area contributed by atoms with Crippen molar-refractivity contribution in [3.05, 3.63) is 24.3 Å². The summed E-state index contributed by atoms with van der Waals surface area (Å²) in [5.41, 5.74) is 0.817. The number of rotatable bonds is 3. The maximum absolute atomic E-state index is 12.0. The fourth-order valence-electron chi connectivity index (χ4n) is 2.12. The minimum atomic E-state index is -0.181. The van der Waals surface area contributed by atoms with E-state index >= 15 is 0 Å². The molecule has 1 fully saturated rings. The van der Waals surface area contributed by atoms with Crippen LogP contribution in [0.15, 0.2) is 24.3 Å². The lowest BCUT2D eigenvalue weighted by atomic mass is 10.2. The third kappa shape index (κ3) is 3.01.